The molecule has 2 amide bonds. The van der Waals surface area contributed by atoms with Crippen molar-refractivity contribution in [1.29, 1.82) is 0 Å². The summed E-state index contributed by atoms with van der Waals surface area (Å²) in [5.41, 5.74) is 2.11. The monoisotopic (exact) mass is 634 g/mol. The summed E-state index contributed by atoms with van der Waals surface area (Å²) in [7, 11) is -3.51. The fraction of sp³-hybridized carbons (Fsp3) is 0.548. The number of nitrogens with zero attached hydrogens (tertiary/aromatic N) is 2. The second-order valence-electron chi connectivity index (χ2n) is 12.7. The number of nitrogens with one attached hydrogen (secondary N) is 2. The number of rotatable bonds is 10. The molecule has 5 atom stereocenters. The van der Waals surface area contributed by atoms with Crippen molar-refractivity contribution in [3.63, 3.8) is 0 Å². The van der Waals surface area contributed by atoms with E-state index in [9.17, 15) is 28.2 Å². The van der Waals surface area contributed by atoms with Crippen LogP contribution in [0, 0.1) is 5.92 Å². The topological polar surface area (TPSA) is 139 Å². The summed E-state index contributed by atoms with van der Waals surface area (Å²) in [5, 5.41) is 28.5. The largest absolute Gasteiger partial charge is 0.392 e. The number of benzene rings is 2. The number of carbonyl (C=O) groups is 2. The fourth-order valence-electron chi connectivity index (χ4n) is 5.91. The highest BCUT2D eigenvalue weighted by Gasteiger charge is 2.39. The number of amides is 2. The van der Waals surface area contributed by atoms with E-state index in [0.717, 1.165) is 22.9 Å². The molecule has 236 valence electrons. The number of hydrogen-bond donors (Lipinski definition) is 4. The van der Waals surface area contributed by atoms with Gasteiger partial charge in [0.1, 0.15) is 6.04 Å². The highest BCUT2D eigenvalue weighted by molar-refractivity contribution is 7.88. The zero-order valence-corrected chi connectivity index (χ0v) is 26.7. The van der Waals surface area contributed by atoms with E-state index in [2.05, 4.69) is 10.6 Å². The lowest BCUT2D eigenvalue weighted by molar-refractivity contribution is -0.131. The maximum Gasteiger partial charge on any atom is 0.239 e. The number of β-amino-alcohol motifs (C(OH)–C–C–N with tert-alkyl or cyclic N) is 1. The SMILES string of the molecule is CC(C)(C)NC(=O)[C@@H]1CN(S(C)(=O)=O)CCN1C[C@@H](O)C[C@@H](Cc1ccccc1)C(=O)N[C@H]1c2cc(Cl)ccc2C[C@H]1O. The molecule has 2 aliphatic rings. The number of sulfonamides is 1. The first kappa shape index (κ1) is 33.4. The second-order valence-corrected chi connectivity index (χ2v) is 15.2. The summed E-state index contributed by atoms with van der Waals surface area (Å²) in [4.78, 5) is 28.8. The first-order chi connectivity index (χ1) is 20.1. The maximum atomic E-state index is 13.7. The first-order valence-corrected chi connectivity index (χ1v) is 16.8. The van der Waals surface area contributed by atoms with E-state index in [0.29, 0.717) is 17.9 Å². The van der Waals surface area contributed by atoms with E-state index in [4.69, 9.17) is 11.6 Å². The number of aliphatic hydroxyl groups is 2. The Balaban J connectivity index is 1.51. The number of fused-ring (bicyclic) bond motifs is 1. The number of piperazine rings is 1. The molecule has 2 aromatic rings. The van der Waals surface area contributed by atoms with Gasteiger partial charge in [-0.25, -0.2) is 8.42 Å². The molecule has 1 aliphatic heterocycles. The van der Waals surface area contributed by atoms with E-state index in [1.54, 1.807) is 17.0 Å². The molecule has 0 saturated carbocycles. The van der Waals surface area contributed by atoms with E-state index >= 15 is 0 Å². The van der Waals surface area contributed by atoms with Gasteiger partial charge in [0.2, 0.25) is 21.8 Å². The minimum Gasteiger partial charge on any atom is -0.392 e. The van der Waals surface area contributed by atoms with Gasteiger partial charge in [0.05, 0.1) is 24.5 Å². The molecule has 1 aliphatic carbocycles. The molecule has 0 radical (unpaired) electrons. The van der Waals surface area contributed by atoms with E-state index in [-0.39, 0.29) is 44.4 Å². The average Bonchev–Trinajstić information content (AvgIpc) is 3.21. The molecule has 4 N–H and O–H groups in total. The van der Waals surface area contributed by atoms with Gasteiger partial charge in [0.15, 0.2) is 0 Å². The van der Waals surface area contributed by atoms with Crippen LogP contribution in [0.15, 0.2) is 48.5 Å². The predicted octanol–water partition coefficient (Wildman–Crippen LogP) is 1.88. The lowest BCUT2D eigenvalue weighted by atomic mass is 9.91. The van der Waals surface area contributed by atoms with Gasteiger partial charge in [-0.2, -0.15) is 4.31 Å². The standard InChI is InChI=1S/C31H43ClN4O6S/c1-31(2,3)34-30(40)26-19-36(43(4,41)42)13-12-35(26)18-24(37)15-22(14-20-8-6-5-7-9-20)29(39)33-28-25-17-23(32)11-10-21(25)16-27(28)38/h5-11,17,22,24,26-28,37-38H,12-16,18-19H2,1-4H3,(H,33,39)(H,34,40)/t22-,24+,26+,27-,28+/m1/s1. The van der Waals surface area contributed by atoms with Gasteiger partial charge < -0.3 is 20.8 Å². The Labute approximate surface area is 259 Å². The Morgan fingerprint density at radius 3 is 2.47 bits per heavy atom. The van der Waals surface area contributed by atoms with Crippen LogP contribution < -0.4 is 10.6 Å². The molecular formula is C31H43ClN4O6S. The van der Waals surface area contributed by atoms with Gasteiger partial charge in [-0.15, -0.1) is 0 Å². The Morgan fingerprint density at radius 2 is 1.81 bits per heavy atom. The van der Waals surface area contributed by atoms with Crippen LogP contribution in [0.4, 0.5) is 0 Å². The highest BCUT2D eigenvalue weighted by atomic mass is 35.5. The Hall–Kier alpha value is -2.54. The van der Waals surface area contributed by atoms with Crippen LogP contribution in [-0.2, 0) is 32.5 Å². The van der Waals surface area contributed by atoms with Gasteiger partial charge in [0.25, 0.3) is 0 Å². The van der Waals surface area contributed by atoms with Gasteiger partial charge in [-0.1, -0.05) is 48.0 Å². The van der Waals surface area contributed by atoms with Crippen molar-refractivity contribution >= 4 is 33.4 Å². The maximum absolute atomic E-state index is 13.7. The minimum atomic E-state index is -3.51. The summed E-state index contributed by atoms with van der Waals surface area (Å²) in [6.07, 6.45) is 0.214. The van der Waals surface area contributed by atoms with Crippen molar-refractivity contribution < 1.29 is 28.2 Å². The van der Waals surface area contributed by atoms with Gasteiger partial charge >= 0.3 is 0 Å². The van der Waals surface area contributed by atoms with Crippen molar-refractivity contribution in [1.82, 2.24) is 19.8 Å². The van der Waals surface area contributed by atoms with Crippen LogP contribution in [0.1, 0.15) is 49.9 Å². The molecule has 1 heterocycles. The predicted molar refractivity (Wildman–Crippen MR) is 166 cm³/mol. The van der Waals surface area contributed by atoms with E-state index in [1.165, 1.54) is 4.31 Å². The quantitative estimate of drug-likeness (QED) is 0.313. The summed E-state index contributed by atoms with van der Waals surface area (Å²) in [5.74, 6) is -1.25. The molecule has 0 unspecified atom stereocenters. The molecule has 10 nitrogen and oxygen atoms in total. The lowest BCUT2D eigenvalue weighted by Gasteiger charge is -2.41. The normalized spacial score (nSPS) is 22.9. The Morgan fingerprint density at radius 1 is 1.12 bits per heavy atom. The lowest BCUT2D eigenvalue weighted by Crippen LogP contribution is -2.62. The van der Waals surface area contributed by atoms with Crippen LogP contribution in [0.3, 0.4) is 0 Å². The molecule has 43 heavy (non-hydrogen) atoms. The zero-order valence-electron chi connectivity index (χ0n) is 25.2. The number of aliphatic hydroxyl groups excluding tert-OH is 2. The van der Waals surface area contributed by atoms with Crippen LogP contribution in [0.5, 0.6) is 0 Å². The Bertz CT molecular complexity index is 1400. The van der Waals surface area contributed by atoms with Crippen LogP contribution >= 0.6 is 11.6 Å². The zero-order chi connectivity index (χ0) is 31.5. The van der Waals surface area contributed by atoms with Crippen LogP contribution in [-0.4, -0.2) is 95.9 Å². The molecule has 0 bridgehead atoms. The van der Waals surface area contributed by atoms with Crippen molar-refractivity contribution in [2.24, 2.45) is 5.92 Å². The van der Waals surface area contributed by atoms with E-state index in [1.807, 2.05) is 57.2 Å². The number of hydrogen-bond acceptors (Lipinski definition) is 7. The van der Waals surface area contributed by atoms with Crippen LogP contribution in [0.25, 0.3) is 0 Å². The van der Waals surface area contributed by atoms with Crippen LogP contribution in [0.2, 0.25) is 5.02 Å². The van der Waals surface area contributed by atoms with Crippen molar-refractivity contribution in [3.05, 3.63) is 70.2 Å². The number of carbonyl (C=O) groups excluding carboxylic acids is 2. The molecule has 12 heteroatoms. The third-order valence-corrected chi connectivity index (χ3v) is 9.48. The molecule has 2 aromatic carbocycles. The van der Waals surface area contributed by atoms with Gasteiger partial charge in [-0.3, -0.25) is 14.5 Å². The van der Waals surface area contributed by atoms with Crippen molar-refractivity contribution in [2.75, 3.05) is 32.4 Å². The summed E-state index contributed by atoms with van der Waals surface area (Å²) >= 11 is 6.21. The minimum absolute atomic E-state index is 0.0249. The first-order valence-electron chi connectivity index (χ1n) is 14.6. The molecular weight excluding hydrogens is 592 g/mol. The fourth-order valence-corrected chi connectivity index (χ4v) is 6.91. The highest BCUT2D eigenvalue weighted by Crippen LogP contribution is 2.34. The summed E-state index contributed by atoms with van der Waals surface area (Å²) < 4.78 is 25.8. The molecule has 0 spiro atoms. The summed E-state index contributed by atoms with van der Waals surface area (Å²) in [6, 6.07) is 13.5. The molecule has 1 saturated heterocycles. The summed E-state index contributed by atoms with van der Waals surface area (Å²) in [6.45, 7) is 6.06. The Kier molecular flexibility index (Phi) is 10.6. The van der Waals surface area contributed by atoms with Gasteiger partial charge in [0, 0.05) is 49.1 Å². The van der Waals surface area contributed by atoms with Crippen molar-refractivity contribution in [3.8, 4) is 0 Å². The van der Waals surface area contributed by atoms with Gasteiger partial charge in [-0.05, 0) is 62.4 Å². The van der Waals surface area contributed by atoms with E-state index < -0.39 is 45.8 Å². The van der Waals surface area contributed by atoms with Crippen molar-refractivity contribution in [2.45, 2.75) is 69.9 Å². The number of halogens is 1. The average molecular weight is 635 g/mol. The molecule has 0 aromatic heterocycles. The smallest absolute Gasteiger partial charge is 0.239 e. The third kappa shape index (κ3) is 8.99. The molecule has 1 fully saturated rings. The second kappa shape index (κ2) is 13.6. The molecule has 4 rings (SSSR count). The third-order valence-electron chi connectivity index (χ3n) is 7.98.